The molecule has 0 N–H and O–H groups in total. The van der Waals surface area contributed by atoms with E-state index in [-0.39, 0.29) is 5.78 Å². The first-order chi connectivity index (χ1) is 14.7. The highest BCUT2D eigenvalue weighted by molar-refractivity contribution is 6.09. The van der Waals surface area contributed by atoms with Crippen LogP contribution in [0.15, 0.2) is 78.9 Å². The molecule has 0 unspecified atom stereocenters. The molecule has 0 radical (unpaired) electrons. The Morgan fingerprint density at radius 1 is 0.867 bits per heavy atom. The number of unbranched alkanes of at least 4 members (excludes halogenated alkanes) is 1. The molecule has 150 valence electrons. The summed E-state index contributed by atoms with van der Waals surface area (Å²) in [6.07, 6.45) is 3.04. The fourth-order valence-corrected chi connectivity index (χ4v) is 3.62. The minimum Gasteiger partial charge on any atom is -0.289 e. The van der Waals surface area contributed by atoms with Gasteiger partial charge in [0.25, 0.3) is 0 Å². The van der Waals surface area contributed by atoms with E-state index in [0.29, 0.717) is 11.1 Å². The summed E-state index contributed by atoms with van der Waals surface area (Å²) in [6.45, 7) is 4.25. The van der Waals surface area contributed by atoms with E-state index in [1.54, 1.807) is 0 Å². The summed E-state index contributed by atoms with van der Waals surface area (Å²) in [5.41, 5.74) is 6.53. The van der Waals surface area contributed by atoms with Crippen molar-refractivity contribution in [3.63, 3.8) is 0 Å². The molecule has 0 aliphatic carbocycles. The first kappa shape index (κ1) is 19.8. The second-order valence-electron chi connectivity index (χ2n) is 7.46. The van der Waals surface area contributed by atoms with Gasteiger partial charge in [-0.1, -0.05) is 91.4 Å². The lowest BCUT2D eigenvalue weighted by Gasteiger charge is -2.11. The fraction of sp³-hybridized carbons (Fsp3) is 0.192. The zero-order valence-corrected chi connectivity index (χ0v) is 17.4. The molecule has 0 aliphatic rings. The number of hydrogen-bond donors (Lipinski definition) is 0. The van der Waals surface area contributed by atoms with Gasteiger partial charge in [0.1, 0.15) is 0 Å². The van der Waals surface area contributed by atoms with Gasteiger partial charge in [-0.05, 0) is 31.4 Å². The lowest BCUT2D eigenvalue weighted by Crippen LogP contribution is -2.03. The summed E-state index contributed by atoms with van der Waals surface area (Å²) in [4.78, 5) is 12.8. The quantitative estimate of drug-likeness (QED) is 0.371. The smallest absolute Gasteiger partial charge is 0.193 e. The van der Waals surface area contributed by atoms with E-state index in [9.17, 15) is 4.79 Å². The monoisotopic (exact) mass is 395 g/mol. The third kappa shape index (κ3) is 3.94. The maximum atomic E-state index is 12.8. The number of hydrogen-bond acceptors (Lipinski definition) is 3. The molecule has 0 atom stereocenters. The molecule has 4 rings (SSSR count). The highest BCUT2D eigenvalue weighted by Gasteiger charge is 2.18. The van der Waals surface area contributed by atoms with Gasteiger partial charge in [-0.3, -0.25) is 4.79 Å². The first-order valence-electron chi connectivity index (χ1n) is 10.4. The highest BCUT2D eigenvalue weighted by atomic mass is 16.1. The molecule has 4 aromatic rings. The van der Waals surface area contributed by atoms with E-state index in [0.717, 1.165) is 47.5 Å². The SMILES string of the molecule is CCCCc1nnn(-c2ccccc2C)c1-c1ccc(C(=O)c2ccccc2)cc1. The average molecular weight is 396 g/mol. The summed E-state index contributed by atoms with van der Waals surface area (Å²) in [7, 11) is 0. The van der Waals surface area contributed by atoms with E-state index < -0.39 is 0 Å². The van der Waals surface area contributed by atoms with Gasteiger partial charge >= 0.3 is 0 Å². The molecule has 0 bridgehead atoms. The zero-order valence-electron chi connectivity index (χ0n) is 17.4. The molecule has 0 fully saturated rings. The van der Waals surface area contributed by atoms with Gasteiger partial charge in [-0.2, -0.15) is 0 Å². The number of rotatable bonds is 7. The molecular weight excluding hydrogens is 370 g/mol. The van der Waals surface area contributed by atoms with Crippen LogP contribution < -0.4 is 0 Å². The normalized spacial score (nSPS) is 10.9. The Morgan fingerprint density at radius 3 is 2.23 bits per heavy atom. The summed E-state index contributed by atoms with van der Waals surface area (Å²) in [5, 5.41) is 8.98. The Balaban J connectivity index is 1.75. The maximum absolute atomic E-state index is 12.8. The van der Waals surface area contributed by atoms with Crippen molar-refractivity contribution >= 4 is 5.78 Å². The maximum Gasteiger partial charge on any atom is 0.193 e. The van der Waals surface area contributed by atoms with Crippen LogP contribution in [0, 0.1) is 6.92 Å². The summed E-state index contributed by atoms with van der Waals surface area (Å²) >= 11 is 0. The van der Waals surface area contributed by atoms with Gasteiger partial charge in [-0.25, -0.2) is 4.68 Å². The molecule has 30 heavy (non-hydrogen) atoms. The summed E-state index contributed by atoms with van der Waals surface area (Å²) in [6, 6.07) is 25.3. The number of ketones is 1. The fourth-order valence-electron chi connectivity index (χ4n) is 3.62. The number of aromatic nitrogens is 3. The standard InChI is InChI=1S/C26H25N3O/c1-3-4-13-23-25(29(28-27-23)24-14-9-8-10-19(24)2)20-15-17-22(18-16-20)26(30)21-11-6-5-7-12-21/h5-12,14-18H,3-4,13H2,1-2H3. The number of para-hydroxylation sites is 1. The van der Waals surface area contributed by atoms with Crippen molar-refractivity contribution in [2.45, 2.75) is 33.1 Å². The van der Waals surface area contributed by atoms with Crippen LogP contribution in [-0.2, 0) is 6.42 Å². The van der Waals surface area contributed by atoms with Crippen molar-refractivity contribution in [2.24, 2.45) is 0 Å². The molecule has 1 aromatic heterocycles. The van der Waals surface area contributed by atoms with Gasteiger partial charge in [0.2, 0.25) is 0 Å². The minimum absolute atomic E-state index is 0.0268. The van der Waals surface area contributed by atoms with Gasteiger partial charge < -0.3 is 0 Å². The average Bonchev–Trinajstić information content (AvgIpc) is 3.21. The summed E-state index contributed by atoms with van der Waals surface area (Å²) in [5.74, 6) is 0.0268. The van der Waals surface area contributed by atoms with Crippen molar-refractivity contribution in [1.82, 2.24) is 15.0 Å². The number of benzene rings is 3. The minimum atomic E-state index is 0.0268. The molecular formula is C26H25N3O. The van der Waals surface area contributed by atoms with Crippen molar-refractivity contribution in [1.29, 1.82) is 0 Å². The predicted octanol–water partition coefficient (Wildman–Crippen LogP) is 5.82. The van der Waals surface area contributed by atoms with Crippen LogP contribution in [0.4, 0.5) is 0 Å². The van der Waals surface area contributed by atoms with Crippen LogP contribution in [0.5, 0.6) is 0 Å². The van der Waals surface area contributed by atoms with Crippen LogP contribution in [0.25, 0.3) is 16.9 Å². The molecule has 0 aliphatic heterocycles. The van der Waals surface area contributed by atoms with Crippen LogP contribution in [0.3, 0.4) is 0 Å². The van der Waals surface area contributed by atoms with Crippen molar-refractivity contribution in [3.8, 4) is 16.9 Å². The highest BCUT2D eigenvalue weighted by Crippen LogP contribution is 2.28. The molecule has 3 aromatic carbocycles. The van der Waals surface area contributed by atoms with Crippen LogP contribution >= 0.6 is 0 Å². The van der Waals surface area contributed by atoms with Crippen molar-refractivity contribution in [2.75, 3.05) is 0 Å². The topological polar surface area (TPSA) is 47.8 Å². The molecule has 4 heteroatoms. The van der Waals surface area contributed by atoms with E-state index in [2.05, 4.69) is 36.3 Å². The van der Waals surface area contributed by atoms with E-state index in [4.69, 9.17) is 0 Å². The van der Waals surface area contributed by atoms with E-state index in [1.807, 2.05) is 71.4 Å². The Hall–Kier alpha value is -3.53. The number of nitrogens with zero attached hydrogens (tertiary/aromatic N) is 3. The number of carbonyl (C=O) groups is 1. The molecule has 4 nitrogen and oxygen atoms in total. The number of carbonyl (C=O) groups excluding carboxylic acids is 1. The molecule has 0 spiro atoms. The van der Waals surface area contributed by atoms with Gasteiger partial charge in [-0.15, -0.1) is 5.10 Å². The van der Waals surface area contributed by atoms with E-state index >= 15 is 0 Å². The second-order valence-corrected chi connectivity index (χ2v) is 7.46. The Morgan fingerprint density at radius 2 is 1.53 bits per heavy atom. The third-order valence-corrected chi connectivity index (χ3v) is 5.31. The van der Waals surface area contributed by atoms with Crippen LogP contribution in [0.1, 0.15) is 46.9 Å². The number of aryl methyl sites for hydroxylation is 2. The lowest BCUT2D eigenvalue weighted by atomic mass is 10.00. The molecule has 0 saturated carbocycles. The largest absolute Gasteiger partial charge is 0.289 e. The Kier molecular flexibility index (Phi) is 5.84. The van der Waals surface area contributed by atoms with Crippen LogP contribution in [-0.4, -0.2) is 20.8 Å². The van der Waals surface area contributed by atoms with Gasteiger partial charge in [0.05, 0.1) is 17.1 Å². The third-order valence-electron chi connectivity index (χ3n) is 5.31. The summed E-state index contributed by atoms with van der Waals surface area (Å²) < 4.78 is 1.92. The Bertz CT molecular complexity index is 1140. The van der Waals surface area contributed by atoms with Gasteiger partial charge in [0.15, 0.2) is 5.78 Å². The molecule has 1 heterocycles. The van der Waals surface area contributed by atoms with Crippen LogP contribution in [0.2, 0.25) is 0 Å². The van der Waals surface area contributed by atoms with Crippen molar-refractivity contribution < 1.29 is 4.79 Å². The zero-order chi connectivity index (χ0) is 20.9. The second kappa shape index (κ2) is 8.87. The van der Waals surface area contributed by atoms with Gasteiger partial charge in [0, 0.05) is 16.7 Å². The predicted molar refractivity (Wildman–Crippen MR) is 120 cm³/mol. The van der Waals surface area contributed by atoms with Crippen molar-refractivity contribution in [3.05, 3.63) is 101 Å². The first-order valence-corrected chi connectivity index (χ1v) is 10.4. The van der Waals surface area contributed by atoms with E-state index in [1.165, 1.54) is 0 Å². The molecule has 0 saturated heterocycles. The Labute approximate surface area is 177 Å². The molecule has 0 amide bonds. The lowest BCUT2D eigenvalue weighted by molar-refractivity contribution is 0.103.